The van der Waals surface area contributed by atoms with Crippen LogP contribution in [0.1, 0.15) is 11.1 Å². The third kappa shape index (κ3) is 3.47. The molecule has 3 rings (SSSR count). The number of benzene rings is 1. The zero-order valence-electron chi connectivity index (χ0n) is 12.5. The highest BCUT2D eigenvalue weighted by atomic mass is 35.5. The molecule has 0 aliphatic rings. The number of hydrogen-bond donors (Lipinski definition) is 0. The average molecular weight is 360 g/mol. The minimum Gasteiger partial charge on any atom is -0.255 e. The predicted octanol–water partition coefficient (Wildman–Crippen LogP) is 5.35. The van der Waals surface area contributed by atoms with E-state index in [0.29, 0.717) is 10.6 Å². The second kappa shape index (κ2) is 6.54. The number of rotatable bonds is 2. The first-order valence-electron chi connectivity index (χ1n) is 7.10. The summed E-state index contributed by atoms with van der Waals surface area (Å²) < 4.78 is 40.4. The number of nitrogens with zero attached hydrogens (tertiary/aromatic N) is 3. The fourth-order valence-corrected chi connectivity index (χ4v) is 2.46. The maximum absolute atomic E-state index is 13.5. The normalized spacial score (nSPS) is 11.2. The van der Waals surface area contributed by atoms with E-state index in [-0.39, 0.29) is 17.1 Å². The van der Waals surface area contributed by atoms with Gasteiger partial charge < -0.3 is 0 Å². The zero-order chi connectivity index (χ0) is 18.0. The molecule has 1 aromatic carbocycles. The van der Waals surface area contributed by atoms with Gasteiger partial charge in [0.2, 0.25) is 0 Å². The molecule has 0 unspecified atom stereocenters. The van der Waals surface area contributed by atoms with Gasteiger partial charge in [-0.25, -0.2) is 4.98 Å². The molecular weight excluding hydrogens is 351 g/mol. The molecule has 25 heavy (non-hydrogen) atoms. The van der Waals surface area contributed by atoms with Crippen LogP contribution in [-0.4, -0.2) is 9.97 Å². The quantitative estimate of drug-likeness (QED) is 0.619. The van der Waals surface area contributed by atoms with Gasteiger partial charge in [-0.2, -0.15) is 18.4 Å². The summed E-state index contributed by atoms with van der Waals surface area (Å²) in [5.74, 6) is 0. The van der Waals surface area contributed by atoms with Gasteiger partial charge in [0.1, 0.15) is 11.8 Å². The van der Waals surface area contributed by atoms with E-state index in [1.165, 1.54) is 12.3 Å². The van der Waals surface area contributed by atoms with E-state index >= 15 is 0 Å². The molecule has 2 aromatic heterocycles. The van der Waals surface area contributed by atoms with E-state index in [4.69, 9.17) is 11.6 Å². The van der Waals surface area contributed by atoms with Crippen molar-refractivity contribution in [3.8, 4) is 28.7 Å². The van der Waals surface area contributed by atoms with Gasteiger partial charge in [-0.15, -0.1) is 0 Å². The van der Waals surface area contributed by atoms with Crippen LogP contribution in [-0.2, 0) is 6.18 Å². The Morgan fingerprint density at radius 1 is 1.00 bits per heavy atom. The van der Waals surface area contributed by atoms with E-state index in [2.05, 4.69) is 9.97 Å². The summed E-state index contributed by atoms with van der Waals surface area (Å²) in [5.41, 5.74) is -0.969. The summed E-state index contributed by atoms with van der Waals surface area (Å²) in [6, 6.07) is 13.5. The summed E-state index contributed by atoms with van der Waals surface area (Å²) in [4.78, 5) is 8.29. The zero-order valence-corrected chi connectivity index (χ0v) is 13.3. The van der Waals surface area contributed by atoms with Crippen molar-refractivity contribution in [1.29, 1.82) is 5.26 Å². The van der Waals surface area contributed by atoms with Crippen molar-refractivity contribution in [2.45, 2.75) is 6.18 Å². The van der Waals surface area contributed by atoms with Gasteiger partial charge in [0, 0.05) is 16.8 Å². The maximum atomic E-state index is 13.5. The monoisotopic (exact) mass is 359 g/mol. The molecule has 0 aliphatic carbocycles. The molecule has 0 aliphatic heterocycles. The van der Waals surface area contributed by atoms with Crippen molar-refractivity contribution in [2.24, 2.45) is 0 Å². The van der Waals surface area contributed by atoms with E-state index in [9.17, 15) is 18.4 Å². The molecule has 0 bridgehead atoms. The van der Waals surface area contributed by atoms with E-state index in [1.807, 2.05) is 0 Å². The molecule has 0 radical (unpaired) electrons. The second-order valence-corrected chi connectivity index (χ2v) is 5.55. The number of pyridine rings is 2. The number of aromatic nitrogens is 2. The number of halogens is 4. The van der Waals surface area contributed by atoms with Gasteiger partial charge in [0.15, 0.2) is 0 Å². The molecule has 0 amide bonds. The number of hydrogen-bond acceptors (Lipinski definition) is 3. The van der Waals surface area contributed by atoms with E-state index in [1.54, 1.807) is 42.5 Å². The van der Waals surface area contributed by atoms with Crippen molar-refractivity contribution in [2.75, 3.05) is 0 Å². The first-order valence-corrected chi connectivity index (χ1v) is 7.47. The van der Waals surface area contributed by atoms with Crippen LogP contribution >= 0.6 is 11.6 Å². The van der Waals surface area contributed by atoms with Crippen molar-refractivity contribution >= 4 is 11.6 Å². The van der Waals surface area contributed by atoms with Crippen molar-refractivity contribution in [3.63, 3.8) is 0 Å². The molecule has 0 atom stereocenters. The Balaban J connectivity index is 2.32. The molecule has 124 valence electrons. The molecule has 3 nitrogen and oxygen atoms in total. The fraction of sp³-hybridized carbons (Fsp3) is 0.0556. The van der Waals surface area contributed by atoms with Crippen molar-refractivity contribution in [1.82, 2.24) is 9.97 Å². The lowest BCUT2D eigenvalue weighted by molar-refractivity contribution is -0.137. The van der Waals surface area contributed by atoms with Gasteiger partial charge in [0.25, 0.3) is 0 Å². The van der Waals surface area contributed by atoms with Gasteiger partial charge in [-0.1, -0.05) is 29.8 Å². The third-order valence-corrected chi connectivity index (χ3v) is 3.74. The van der Waals surface area contributed by atoms with Crippen LogP contribution in [0, 0.1) is 11.3 Å². The van der Waals surface area contributed by atoms with Crippen LogP contribution in [0.5, 0.6) is 0 Å². The topological polar surface area (TPSA) is 49.6 Å². The first kappa shape index (κ1) is 16.9. The molecule has 0 fully saturated rings. The molecule has 7 heteroatoms. The van der Waals surface area contributed by atoms with Crippen molar-refractivity contribution in [3.05, 3.63) is 70.9 Å². The highest BCUT2D eigenvalue weighted by molar-refractivity contribution is 6.30. The lowest BCUT2D eigenvalue weighted by Crippen LogP contribution is -2.11. The minimum atomic E-state index is -4.70. The highest BCUT2D eigenvalue weighted by Gasteiger charge is 2.36. The standard InChI is InChI=1S/C18H9ClF3N3/c19-12-6-4-11(5-7-12)16-9-14(18(20,21)22)13(10-23)17(25-16)15-3-1-2-8-24-15/h1-9H. The lowest BCUT2D eigenvalue weighted by Gasteiger charge is -2.14. The van der Waals surface area contributed by atoms with Crippen LogP contribution < -0.4 is 0 Å². The number of nitriles is 1. The SMILES string of the molecule is N#Cc1c(C(F)(F)F)cc(-c2ccc(Cl)cc2)nc1-c1ccccn1. The Kier molecular flexibility index (Phi) is 4.43. The lowest BCUT2D eigenvalue weighted by atomic mass is 10.0. The third-order valence-electron chi connectivity index (χ3n) is 3.48. The van der Waals surface area contributed by atoms with Crippen LogP contribution in [0.4, 0.5) is 13.2 Å². The summed E-state index contributed by atoms with van der Waals surface area (Å²) in [7, 11) is 0. The van der Waals surface area contributed by atoms with Gasteiger partial charge in [0.05, 0.1) is 22.5 Å². The molecular formula is C18H9ClF3N3. The molecule has 0 N–H and O–H groups in total. The van der Waals surface area contributed by atoms with Crippen LogP contribution in [0.15, 0.2) is 54.7 Å². The molecule has 0 spiro atoms. The average Bonchev–Trinajstić information content (AvgIpc) is 2.61. The van der Waals surface area contributed by atoms with Crippen LogP contribution in [0.2, 0.25) is 5.02 Å². The maximum Gasteiger partial charge on any atom is 0.417 e. The Morgan fingerprint density at radius 2 is 1.72 bits per heavy atom. The number of alkyl halides is 3. The van der Waals surface area contributed by atoms with Gasteiger partial charge >= 0.3 is 6.18 Å². The Labute approximate surface area is 146 Å². The van der Waals surface area contributed by atoms with Crippen LogP contribution in [0.25, 0.3) is 22.6 Å². The van der Waals surface area contributed by atoms with Crippen LogP contribution in [0.3, 0.4) is 0 Å². The first-order chi connectivity index (χ1) is 11.9. The summed E-state index contributed by atoms with van der Waals surface area (Å²) in [6.45, 7) is 0. The highest BCUT2D eigenvalue weighted by Crippen LogP contribution is 2.37. The second-order valence-electron chi connectivity index (χ2n) is 5.11. The smallest absolute Gasteiger partial charge is 0.255 e. The van der Waals surface area contributed by atoms with E-state index in [0.717, 1.165) is 6.07 Å². The van der Waals surface area contributed by atoms with Gasteiger partial charge in [-0.3, -0.25) is 4.98 Å². The Bertz CT molecular complexity index is 946. The molecule has 0 saturated carbocycles. The molecule has 3 aromatic rings. The predicted molar refractivity (Wildman–Crippen MR) is 87.6 cm³/mol. The Hall–Kier alpha value is -2.91. The largest absolute Gasteiger partial charge is 0.417 e. The molecule has 2 heterocycles. The summed E-state index contributed by atoms with van der Waals surface area (Å²) in [5, 5.41) is 9.74. The summed E-state index contributed by atoms with van der Waals surface area (Å²) >= 11 is 5.82. The van der Waals surface area contributed by atoms with E-state index < -0.39 is 17.3 Å². The Morgan fingerprint density at radius 3 is 2.28 bits per heavy atom. The molecule has 0 saturated heterocycles. The van der Waals surface area contributed by atoms with Gasteiger partial charge in [-0.05, 0) is 30.3 Å². The minimum absolute atomic E-state index is 0.0867. The van der Waals surface area contributed by atoms with Crippen molar-refractivity contribution < 1.29 is 13.2 Å². The summed E-state index contributed by atoms with van der Waals surface area (Å²) in [6.07, 6.45) is -3.26. The fourth-order valence-electron chi connectivity index (χ4n) is 2.34.